The summed E-state index contributed by atoms with van der Waals surface area (Å²) in [6, 6.07) is 2.06. The molecule has 0 atom stereocenters. The molecule has 0 aromatic heterocycles. The Hall–Kier alpha value is -2.75. The first kappa shape index (κ1) is 18.6. The van der Waals surface area contributed by atoms with E-state index in [1.807, 2.05) is 0 Å². The summed E-state index contributed by atoms with van der Waals surface area (Å²) in [5.41, 5.74) is -0.396. The quantitative estimate of drug-likeness (QED) is 0.371. The number of hydrogen-bond acceptors (Lipinski definition) is 7. The van der Waals surface area contributed by atoms with E-state index in [1.54, 1.807) is 6.92 Å². The number of hydrogen-bond donors (Lipinski definition) is 1. The molecular formula is C15H13F2N3O4S. The van der Waals surface area contributed by atoms with Gasteiger partial charge in [0.1, 0.15) is 17.4 Å². The first-order chi connectivity index (χ1) is 11.9. The molecule has 1 fully saturated rings. The molecule has 0 aliphatic carbocycles. The number of nitrogens with one attached hydrogen (secondary N) is 1. The maximum atomic E-state index is 13.8. The number of benzene rings is 1. The Morgan fingerprint density at radius 3 is 2.64 bits per heavy atom. The summed E-state index contributed by atoms with van der Waals surface area (Å²) < 4.78 is 37.1. The molecule has 0 unspecified atom stereocenters. The van der Waals surface area contributed by atoms with Gasteiger partial charge in [0.2, 0.25) is 0 Å². The number of rotatable bonds is 5. The summed E-state index contributed by atoms with van der Waals surface area (Å²) >= 11 is 0.843. The van der Waals surface area contributed by atoms with Crippen LogP contribution < -0.4 is 10.1 Å². The van der Waals surface area contributed by atoms with Crippen molar-refractivity contribution < 1.29 is 27.8 Å². The van der Waals surface area contributed by atoms with Crippen molar-refractivity contribution in [3.63, 3.8) is 0 Å². The zero-order valence-electron chi connectivity index (χ0n) is 13.2. The van der Waals surface area contributed by atoms with Crippen LogP contribution in [-0.4, -0.2) is 37.0 Å². The van der Waals surface area contributed by atoms with Gasteiger partial charge in [-0.2, -0.15) is 5.10 Å². The normalized spacial score (nSPS) is 17.4. The minimum atomic E-state index is -0.859. The van der Waals surface area contributed by atoms with Gasteiger partial charge in [-0.3, -0.25) is 10.1 Å². The number of thioether (sulfide) groups is 1. The van der Waals surface area contributed by atoms with Gasteiger partial charge in [0, 0.05) is 18.2 Å². The van der Waals surface area contributed by atoms with Crippen molar-refractivity contribution >= 4 is 35.0 Å². The monoisotopic (exact) mass is 369 g/mol. The van der Waals surface area contributed by atoms with E-state index in [1.165, 1.54) is 7.11 Å². The summed E-state index contributed by atoms with van der Waals surface area (Å²) in [5, 5.41) is 9.62. The second-order valence-corrected chi connectivity index (χ2v) is 5.50. The Morgan fingerprint density at radius 2 is 2.04 bits per heavy atom. The zero-order valence-corrected chi connectivity index (χ0v) is 14.0. The smallest absolute Gasteiger partial charge is 0.331 e. The van der Waals surface area contributed by atoms with E-state index >= 15 is 0 Å². The Morgan fingerprint density at radius 1 is 1.36 bits per heavy atom. The lowest BCUT2D eigenvalue weighted by Crippen LogP contribution is -2.19. The fourth-order valence-corrected chi connectivity index (χ4v) is 2.45. The van der Waals surface area contributed by atoms with E-state index in [2.05, 4.69) is 20.3 Å². The minimum Gasteiger partial charge on any atom is -0.494 e. The summed E-state index contributed by atoms with van der Waals surface area (Å²) in [5.74, 6) is -2.90. The van der Waals surface area contributed by atoms with Crippen molar-refractivity contribution in [2.45, 2.75) is 6.92 Å². The third-order valence-corrected chi connectivity index (χ3v) is 3.70. The van der Waals surface area contributed by atoms with Crippen molar-refractivity contribution in [2.24, 2.45) is 10.2 Å². The van der Waals surface area contributed by atoms with Crippen molar-refractivity contribution in [3.8, 4) is 5.75 Å². The number of nitrogens with zero attached hydrogens (tertiary/aromatic N) is 2. The predicted octanol–water partition coefficient (Wildman–Crippen LogP) is 1.97. The van der Waals surface area contributed by atoms with Crippen molar-refractivity contribution in [2.75, 3.05) is 13.7 Å². The number of halogens is 2. The van der Waals surface area contributed by atoms with Crippen LogP contribution in [-0.2, 0) is 14.3 Å². The third kappa shape index (κ3) is 4.86. The van der Waals surface area contributed by atoms with Crippen LogP contribution in [0.4, 0.5) is 8.78 Å². The van der Waals surface area contributed by atoms with Crippen LogP contribution in [0.15, 0.2) is 33.3 Å². The van der Waals surface area contributed by atoms with Crippen LogP contribution in [0, 0.1) is 11.6 Å². The SMILES string of the molecule is CCOc1cc(F)c(C=N/N=C2/NC(=O)/C(=C\C(=O)OC)S2)c(F)c1. The van der Waals surface area contributed by atoms with Gasteiger partial charge >= 0.3 is 5.97 Å². The Balaban J connectivity index is 2.13. The highest BCUT2D eigenvalue weighted by Gasteiger charge is 2.25. The molecule has 0 radical (unpaired) electrons. The summed E-state index contributed by atoms with van der Waals surface area (Å²) in [6.45, 7) is 1.97. The molecule has 0 saturated carbocycles. The number of methoxy groups -OCH3 is 1. The fourth-order valence-electron chi connectivity index (χ4n) is 1.71. The number of amidine groups is 1. The maximum absolute atomic E-state index is 13.8. The molecule has 0 bridgehead atoms. The molecule has 1 aliphatic rings. The molecule has 1 aliphatic heterocycles. The Kier molecular flexibility index (Phi) is 6.23. The number of ether oxygens (including phenoxy) is 2. The molecule has 132 valence electrons. The second kappa shape index (κ2) is 8.38. The van der Waals surface area contributed by atoms with Crippen molar-refractivity contribution in [1.82, 2.24) is 5.32 Å². The van der Waals surface area contributed by atoms with Crippen LogP contribution >= 0.6 is 11.8 Å². The van der Waals surface area contributed by atoms with E-state index in [0.717, 1.165) is 36.2 Å². The fraction of sp³-hybridized carbons (Fsp3) is 0.200. The van der Waals surface area contributed by atoms with Gasteiger partial charge in [0.25, 0.3) is 5.91 Å². The Labute approximate surface area is 145 Å². The maximum Gasteiger partial charge on any atom is 0.331 e. The number of amides is 1. The van der Waals surface area contributed by atoms with Gasteiger partial charge < -0.3 is 9.47 Å². The van der Waals surface area contributed by atoms with Crippen molar-refractivity contribution in [3.05, 3.63) is 40.3 Å². The Bertz CT molecular complexity index is 770. The molecule has 2 rings (SSSR count). The van der Waals surface area contributed by atoms with Gasteiger partial charge in [-0.25, -0.2) is 13.6 Å². The van der Waals surface area contributed by atoms with Crippen LogP contribution in [0.1, 0.15) is 12.5 Å². The molecule has 1 saturated heterocycles. The lowest BCUT2D eigenvalue weighted by Gasteiger charge is -2.05. The minimum absolute atomic E-state index is 0.0585. The number of carbonyl (C=O) groups excluding carboxylic acids is 2. The summed E-state index contributed by atoms with van der Waals surface area (Å²) in [7, 11) is 1.18. The zero-order chi connectivity index (χ0) is 18.4. The molecule has 0 spiro atoms. The van der Waals surface area contributed by atoms with Gasteiger partial charge in [-0.15, -0.1) is 5.10 Å². The highest BCUT2D eigenvalue weighted by atomic mass is 32.2. The highest BCUT2D eigenvalue weighted by molar-refractivity contribution is 8.18. The van der Waals surface area contributed by atoms with Gasteiger partial charge in [-0.1, -0.05) is 0 Å². The molecule has 1 aromatic carbocycles. The van der Waals surface area contributed by atoms with E-state index in [0.29, 0.717) is 0 Å². The average molecular weight is 369 g/mol. The topological polar surface area (TPSA) is 89.4 Å². The molecule has 1 heterocycles. The van der Waals surface area contributed by atoms with E-state index in [-0.39, 0.29) is 22.4 Å². The molecular weight excluding hydrogens is 356 g/mol. The number of carbonyl (C=O) groups is 2. The molecule has 7 nitrogen and oxygen atoms in total. The summed E-state index contributed by atoms with van der Waals surface area (Å²) in [4.78, 5) is 22.8. The first-order valence-electron chi connectivity index (χ1n) is 6.96. The van der Waals surface area contributed by atoms with E-state index in [4.69, 9.17) is 4.74 Å². The standard InChI is InChI=1S/C15H13F2N3O4S/c1-3-24-8-4-10(16)9(11(17)5-8)7-18-20-15-19-14(22)12(25-15)6-13(21)23-2/h4-7H,3H2,1-2H3,(H,19,20,22)/b12-6+,18-7?. The second-order valence-electron chi connectivity index (χ2n) is 4.47. The molecule has 1 amide bonds. The van der Waals surface area contributed by atoms with Crippen LogP contribution in [0.2, 0.25) is 0 Å². The summed E-state index contributed by atoms with van der Waals surface area (Å²) in [6.07, 6.45) is 1.88. The lowest BCUT2D eigenvalue weighted by molar-refractivity contribution is -0.135. The molecule has 1 N–H and O–H groups in total. The van der Waals surface area contributed by atoms with Gasteiger partial charge in [-0.05, 0) is 18.7 Å². The predicted molar refractivity (Wildman–Crippen MR) is 88.4 cm³/mol. The lowest BCUT2D eigenvalue weighted by atomic mass is 10.2. The van der Waals surface area contributed by atoms with Crippen LogP contribution in [0.25, 0.3) is 0 Å². The van der Waals surface area contributed by atoms with Crippen LogP contribution in [0.5, 0.6) is 5.75 Å². The van der Waals surface area contributed by atoms with Gasteiger partial charge in [0.05, 0.1) is 30.4 Å². The first-order valence-corrected chi connectivity index (χ1v) is 7.78. The molecule has 25 heavy (non-hydrogen) atoms. The van der Waals surface area contributed by atoms with E-state index in [9.17, 15) is 18.4 Å². The number of esters is 1. The van der Waals surface area contributed by atoms with Gasteiger partial charge in [0.15, 0.2) is 5.17 Å². The largest absolute Gasteiger partial charge is 0.494 e. The molecule has 1 aromatic rings. The highest BCUT2D eigenvalue weighted by Crippen LogP contribution is 2.23. The third-order valence-electron chi connectivity index (χ3n) is 2.80. The van der Waals surface area contributed by atoms with Crippen molar-refractivity contribution in [1.29, 1.82) is 0 Å². The van der Waals surface area contributed by atoms with E-state index < -0.39 is 29.1 Å². The molecule has 10 heteroatoms. The average Bonchev–Trinajstić information content (AvgIpc) is 2.90. The van der Waals surface area contributed by atoms with Crippen LogP contribution in [0.3, 0.4) is 0 Å².